The van der Waals surface area contributed by atoms with Gasteiger partial charge in [0.15, 0.2) is 5.58 Å². The van der Waals surface area contributed by atoms with Crippen LogP contribution in [0.1, 0.15) is 0 Å². The highest BCUT2D eigenvalue weighted by Crippen LogP contribution is 2.25. The van der Waals surface area contributed by atoms with E-state index in [-0.39, 0.29) is 6.67 Å². The molecule has 5 heteroatoms. The smallest absolute Gasteiger partial charge is 0.256 e. The molecule has 0 fully saturated rings. The summed E-state index contributed by atoms with van der Waals surface area (Å²) in [5, 5.41) is 1.10. The van der Waals surface area contributed by atoms with Crippen molar-refractivity contribution in [2.24, 2.45) is 0 Å². The van der Waals surface area contributed by atoms with E-state index in [0.717, 1.165) is 0 Å². The van der Waals surface area contributed by atoms with Crippen LogP contribution in [0.15, 0.2) is 27.8 Å². The van der Waals surface area contributed by atoms with Crippen molar-refractivity contribution in [3.63, 3.8) is 0 Å². The van der Waals surface area contributed by atoms with Crippen LogP contribution in [-0.4, -0.2) is 17.4 Å². The van der Waals surface area contributed by atoms with Gasteiger partial charge in [0, 0.05) is 10.8 Å². The summed E-state index contributed by atoms with van der Waals surface area (Å²) >= 11 is 7.04. The Morgan fingerprint density at radius 2 is 2.36 bits per heavy atom. The fraction of sp³-hybridized carbons (Fsp3) is 0.222. The van der Waals surface area contributed by atoms with Crippen molar-refractivity contribution >= 4 is 34.5 Å². The van der Waals surface area contributed by atoms with Gasteiger partial charge < -0.3 is 4.42 Å². The Labute approximate surface area is 89.4 Å². The molecule has 2 aromatic rings. The van der Waals surface area contributed by atoms with Gasteiger partial charge in [0.1, 0.15) is 5.52 Å². The van der Waals surface area contributed by atoms with Crippen molar-refractivity contribution in [3.8, 4) is 0 Å². The maximum absolute atomic E-state index is 11.9. The van der Waals surface area contributed by atoms with Crippen LogP contribution in [0.3, 0.4) is 0 Å². The summed E-state index contributed by atoms with van der Waals surface area (Å²) in [5.74, 6) is 0.362. The Balaban J connectivity index is 2.32. The third kappa shape index (κ3) is 2.01. The van der Waals surface area contributed by atoms with Gasteiger partial charge in [-0.2, -0.15) is 0 Å². The highest BCUT2D eigenvalue weighted by atomic mass is 35.5. The minimum atomic E-state index is -0.385. The van der Waals surface area contributed by atoms with Gasteiger partial charge in [0.25, 0.3) is 5.22 Å². The van der Waals surface area contributed by atoms with Crippen LogP contribution in [0, 0.1) is 0 Å². The van der Waals surface area contributed by atoms with Gasteiger partial charge in [-0.15, -0.1) is 0 Å². The van der Waals surface area contributed by atoms with Crippen LogP contribution >= 0.6 is 23.4 Å². The summed E-state index contributed by atoms with van der Waals surface area (Å²) in [7, 11) is 0. The van der Waals surface area contributed by atoms with E-state index >= 15 is 0 Å². The molecular formula is C9H7ClFNOS. The summed E-state index contributed by atoms with van der Waals surface area (Å²) in [6.07, 6.45) is 0. The Hall–Kier alpha value is -0.740. The number of nitrogens with zero attached hydrogens (tertiary/aromatic N) is 1. The van der Waals surface area contributed by atoms with Crippen molar-refractivity contribution < 1.29 is 8.81 Å². The van der Waals surface area contributed by atoms with E-state index in [9.17, 15) is 4.39 Å². The molecule has 0 aliphatic carbocycles. The predicted molar refractivity (Wildman–Crippen MR) is 55.7 cm³/mol. The molecule has 0 spiro atoms. The second-order valence-corrected chi connectivity index (χ2v) is 4.11. The molecule has 1 aromatic carbocycles. The molecule has 0 saturated heterocycles. The zero-order valence-electron chi connectivity index (χ0n) is 7.17. The quantitative estimate of drug-likeness (QED) is 0.756. The molecule has 0 atom stereocenters. The number of rotatable bonds is 3. The minimum absolute atomic E-state index is 0.362. The molecular weight excluding hydrogens is 225 g/mol. The second kappa shape index (κ2) is 4.19. The SMILES string of the molecule is FCCSc1nc2cc(Cl)ccc2o1. The van der Waals surface area contributed by atoms with E-state index in [2.05, 4.69) is 4.98 Å². The zero-order chi connectivity index (χ0) is 9.97. The normalized spacial score (nSPS) is 11.0. The molecule has 0 saturated carbocycles. The van der Waals surface area contributed by atoms with Crippen LogP contribution in [0.4, 0.5) is 4.39 Å². The number of thioether (sulfide) groups is 1. The van der Waals surface area contributed by atoms with E-state index in [4.69, 9.17) is 16.0 Å². The molecule has 0 aliphatic rings. The lowest BCUT2D eigenvalue weighted by atomic mass is 10.3. The van der Waals surface area contributed by atoms with E-state index in [1.165, 1.54) is 11.8 Å². The first-order valence-corrected chi connectivity index (χ1v) is 5.41. The second-order valence-electron chi connectivity index (χ2n) is 2.63. The number of hydrogen-bond acceptors (Lipinski definition) is 3. The van der Waals surface area contributed by atoms with Gasteiger partial charge in [-0.05, 0) is 18.2 Å². The minimum Gasteiger partial charge on any atom is -0.431 e. The van der Waals surface area contributed by atoms with Gasteiger partial charge in [0.2, 0.25) is 0 Å². The highest BCUT2D eigenvalue weighted by Gasteiger charge is 2.05. The monoisotopic (exact) mass is 231 g/mol. The molecule has 14 heavy (non-hydrogen) atoms. The molecule has 0 radical (unpaired) electrons. The average Bonchev–Trinajstić information content (AvgIpc) is 2.56. The molecule has 2 nitrogen and oxygen atoms in total. The highest BCUT2D eigenvalue weighted by molar-refractivity contribution is 7.99. The van der Waals surface area contributed by atoms with Gasteiger partial charge in [-0.3, -0.25) is 4.39 Å². The standard InChI is InChI=1S/C9H7ClFNOS/c10-6-1-2-8-7(5-6)12-9(13-8)14-4-3-11/h1-2,5H,3-4H2. The summed E-state index contributed by atoms with van der Waals surface area (Å²) in [5.41, 5.74) is 1.38. The number of oxazole rings is 1. The predicted octanol–water partition coefficient (Wildman–Crippen LogP) is 3.54. The molecule has 0 amide bonds. The van der Waals surface area contributed by atoms with Crippen molar-refractivity contribution in [1.82, 2.24) is 4.98 Å². The number of hydrogen-bond donors (Lipinski definition) is 0. The number of alkyl halides is 1. The summed E-state index contributed by atoms with van der Waals surface area (Å²) in [6, 6.07) is 5.21. The van der Waals surface area contributed by atoms with Gasteiger partial charge >= 0.3 is 0 Å². The molecule has 0 N–H and O–H groups in total. The fourth-order valence-corrected chi connectivity index (χ4v) is 1.80. The van der Waals surface area contributed by atoms with E-state index in [1.807, 2.05) is 0 Å². The molecule has 0 aliphatic heterocycles. The van der Waals surface area contributed by atoms with Crippen molar-refractivity contribution in [2.45, 2.75) is 5.22 Å². The van der Waals surface area contributed by atoms with E-state index in [1.54, 1.807) is 18.2 Å². The van der Waals surface area contributed by atoms with Crippen molar-refractivity contribution in [1.29, 1.82) is 0 Å². The lowest BCUT2D eigenvalue weighted by Gasteiger charge is -1.87. The molecule has 0 bridgehead atoms. The first-order chi connectivity index (χ1) is 6.79. The maximum Gasteiger partial charge on any atom is 0.256 e. The van der Waals surface area contributed by atoms with Crippen LogP contribution in [0.25, 0.3) is 11.1 Å². The van der Waals surface area contributed by atoms with E-state index < -0.39 is 0 Å². The van der Waals surface area contributed by atoms with Gasteiger partial charge in [0.05, 0.1) is 6.67 Å². The number of halogens is 2. The lowest BCUT2D eigenvalue weighted by molar-refractivity contribution is 0.486. The summed E-state index contributed by atoms with van der Waals surface area (Å²) in [4.78, 5) is 4.16. The van der Waals surface area contributed by atoms with Crippen LogP contribution in [0.5, 0.6) is 0 Å². The van der Waals surface area contributed by atoms with Crippen molar-refractivity contribution in [3.05, 3.63) is 23.2 Å². The number of fused-ring (bicyclic) bond motifs is 1. The summed E-state index contributed by atoms with van der Waals surface area (Å²) in [6.45, 7) is -0.385. The molecule has 1 heterocycles. The third-order valence-electron chi connectivity index (χ3n) is 1.63. The fourth-order valence-electron chi connectivity index (χ4n) is 1.07. The average molecular weight is 232 g/mol. The van der Waals surface area contributed by atoms with E-state index in [0.29, 0.717) is 27.1 Å². The number of benzene rings is 1. The Morgan fingerprint density at radius 3 is 3.14 bits per heavy atom. The number of aromatic nitrogens is 1. The van der Waals surface area contributed by atoms with Crippen LogP contribution in [-0.2, 0) is 0 Å². The molecule has 2 rings (SSSR count). The lowest BCUT2D eigenvalue weighted by Crippen LogP contribution is -1.79. The van der Waals surface area contributed by atoms with Gasteiger partial charge in [-0.1, -0.05) is 23.4 Å². The molecule has 0 unspecified atom stereocenters. The first-order valence-electron chi connectivity index (χ1n) is 4.04. The Morgan fingerprint density at radius 1 is 1.50 bits per heavy atom. The topological polar surface area (TPSA) is 26.0 Å². The van der Waals surface area contributed by atoms with Crippen LogP contribution in [0.2, 0.25) is 5.02 Å². The molecule has 74 valence electrons. The largest absolute Gasteiger partial charge is 0.431 e. The van der Waals surface area contributed by atoms with Crippen LogP contribution < -0.4 is 0 Å². The first kappa shape index (κ1) is 9.80. The summed E-state index contributed by atoms with van der Waals surface area (Å²) < 4.78 is 17.2. The molecule has 1 aromatic heterocycles. The van der Waals surface area contributed by atoms with Crippen molar-refractivity contribution in [2.75, 3.05) is 12.4 Å². The Kier molecular flexibility index (Phi) is 2.93. The zero-order valence-corrected chi connectivity index (χ0v) is 8.74. The third-order valence-corrected chi connectivity index (χ3v) is 2.65. The van der Waals surface area contributed by atoms with Gasteiger partial charge in [-0.25, -0.2) is 4.98 Å². The Bertz CT molecular complexity index is 445. The maximum atomic E-state index is 11.9.